The average molecular weight is 576 g/mol. The van der Waals surface area contributed by atoms with Crippen LogP contribution in [0.5, 0.6) is 11.5 Å². The van der Waals surface area contributed by atoms with E-state index in [4.69, 9.17) is 13.9 Å². The molecule has 3 aromatic rings. The molecular formula is C29H29N5O6S. The number of ether oxygens (including phenoxy) is 2. The summed E-state index contributed by atoms with van der Waals surface area (Å²) in [5.74, 6) is 1.49. The lowest BCUT2D eigenvalue weighted by molar-refractivity contribution is -0.128. The second-order valence-corrected chi connectivity index (χ2v) is 10.1. The number of hydrogen-bond acceptors (Lipinski definition) is 9. The van der Waals surface area contributed by atoms with Crippen LogP contribution in [0.25, 0.3) is 0 Å². The van der Waals surface area contributed by atoms with Crippen LogP contribution in [-0.2, 0) is 27.3 Å². The number of hydrogen-bond donors (Lipinski definition) is 2. The maximum atomic E-state index is 13.4. The summed E-state index contributed by atoms with van der Waals surface area (Å²) in [5.41, 5.74) is 2.34. The van der Waals surface area contributed by atoms with Gasteiger partial charge in [-0.3, -0.25) is 19.4 Å². The summed E-state index contributed by atoms with van der Waals surface area (Å²) in [6.07, 6.45) is 2.02. The zero-order chi connectivity index (χ0) is 28.8. The topological polar surface area (TPSA) is 135 Å². The van der Waals surface area contributed by atoms with Crippen LogP contribution in [0.1, 0.15) is 23.3 Å². The van der Waals surface area contributed by atoms with Crippen LogP contribution in [-0.4, -0.2) is 66.2 Å². The molecule has 0 radical (unpaired) electrons. The van der Waals surface area contributed by atoms with E-state index in [9.17, 15) is 14.4 Å². The molecule has 1 atom stereocenters. The number of aliphatic imine (C=N–C) groups is 2. The van der Waals surface area contributed by atoms with E-state index in [0.717, 1.165) is 17.3 Å². The predicted molar refractivity (Wildman–Crippen MR) is 155 cm³/mol. The standard InChI is InChI=1S/C29H29N5O6S/c1-38-23-10-9-18(14-24(23)39-2)11-12-30-26(36)17-41-29-33-21-8-4-3-7-20(21)27-32-22(28(37)34(27)29)15-25(35)31-16-19-6-5-13-40-19/h3-10,13-14,22H,11-12,15-17H2,1-2H3,(H,30,36)(H,31,35)/t22-/m1/s1. The van der Waals surface area contributed by atoms with Gasteiger partial charge in [0, 0.05) is 12.1 Å². The van der Waals surface area contributed by atoms with Crippen molar-refractivity contribution >= 4 is 46.2 Å². The quantitative estimate of drug-likeness (QED) is 0.359. The van der Waals surface area contributed by atoms with Gasteiger partial charge in [-0.05, 0) is 48.4 Å². The molecule has 0 unspecified atom stereocenters. The van der Waals surface area contributed by atoms with Crippen molar-refractivity contribution in [2.75, 3.05) is 26.5 Å². The van der Waals surface area contributed by atoms with Crippen LogP contribution in [0.15, 0.2) is 75.3 Å². The molecule has 2 aromatic carbocycles. The molecule has 0 spiro atoms. The minimum Gasteiger partial charge on any atom is -0.493 e. The second-order valence-electron chi connectivity index (χ2n) is 9.19. The molecule has 3 heterocycles. The zero-order valence-corrected chi connectivity index (χ0v) is 23.4. The Morgan fingerprint density at radius 2 is 1.85 bits per heavy atom. The molecule has 2 N–H and O–H groups in total. The van der Waals surface area contributed by atoms with Crippen LogP contribution < -0.4 is 20.1 Å². The van der Waals surface area contributed by atoms with Crippen molar-refractivity contribution in [3.8, 4) is 11.5 Å². The van der Waals surface area contributed by atoms with Crippen molar-refractivity contribution in [1.29, 1.82) is 0 Å². The molecule has 0 aliphatic carbocycles. The SMILES string of the molecule is COc1ccc(CCNC(=O)CSC2=Nc3ccccc3C3=N[C@H](CC(=O)NCc4ccco4)C(=O)N23)cc1OC. The number of methoxy groups -OCH3 is 2. The summed E-state index contributed by atoms with van der Waals surface area (Å²) >= 11 is 1.15. The van der Waals surface area contributed by atoms with Gasteiger partial charge in [-0.1, -0.05) is 30.0 Å². The summed E-state index contributed by atoms with van der Waals surface area (Å²) < 4.78 is 15.8. The van der Waals surface area contributed by atoms with Crippen molar-refractivity contribution in [2.24, 2.45) is 9.98 Å². The summed E-state index contributed by atoms with van der Waals surface area (Å²) in [6, 6.07) is 15.6. The van der Waals surface area contributed by atoms with Crippen molar-refractivity contribution in [2.45, 2.75) is 25.4 Å². The van der Waals surface area contributed by atoms with Gasteiger partial charge in [-0.2, -0.15) is 0 Å². The first-order chi connectivity index (χ1) is 20.0. The number of para-hydroxylation sites is 1. The van der Waals surface area contributed by atoms with Gasteiger partial charge < -0.3 is 24.5 Å². The molecule has 0 fully saturated rings. The van der Waals surface area contributed by atoms with Crippen molar-refractivity contribution in [1.82, 2.24) is 15.5 Å². The molecule has 3 amide bonds. The average Bonchev–Trinajstić information content (AvgIpc) is 3.63. The van der Waals surface area contributed by atoms with Gasteiger partial charge >= 0.3 is 0 Å². The van der Waals surface area contributed by atoms with Gasteiger partial charge in [-0.25, -0.2) is 9.89 Å². The summed E-state index contributed by atoms with van der Waals surface area (Å²) in [4.78, 5) is 49.3. The Morgan fingerprint density at radius 3 is 2.63 bits per heavy atom. The molecule has 2 aliphatic rings. The lowest BCUT2D eigenvalue weighted by atomic mass is 10.1. The molecule has 1 aromatic heterocycles. The highest BCUT2D eigenvalue weighted by Gasteiger charge is 2.42. The Kier molecular flexibility index (Phi) is 8.68. The lowest BCUT2D eigenvalue weighted by Crippen LogP contribution is -2.42. The van der Waals surface area contributed by atoms with Crippen molar-refractivity contribution < 1.29 is 28.3 Å². The first kappa shape index (κ1) is 28.0. The number of carbonyl (C=O) groups is 3. The Labute approximate surface area is 241 Å². The number of furan rings is 1. The van der Waals surface area contributed by atoms with Crippen LogP contribution in [0, 0.1) is 0 Å². The van der Waals surface area contributed by atoms with Crippen LogP contribution >= 0.6 is 11.8 Å². The van der Waals surface area contributed by atoms with Crippen LogP contribution in [0.3, 0.4) is 0 Å². The van der Waals surface area contributed by atoms with Gasteiger partial charge in [0.15, 0.2) is 16.7 Å². The van der Waals surface area contributed by atoms with E-state index >= 15 is 0 Å². The Balaban J connectivity index is 1.19. The van der Waals surface area contributed by atoms with Crippen molar-refractivity contribution in [3.63, 3.8) is 0 Å². The molecule has 0 saturated carbocycles. The normalized spacial score (nSPS) is 15.4. The minimum absolute atomic E-state index is 0.0539. The maximum Gasteiger partial charge on any atom is 0.259 e. The smallest absolute Gasteiger partial charge is 0.259 e. The monoisotopic (exact) mass is 575 g/mol. The highest BCUT2D eigenvalue weighted by Crippen LogP contribution is 2.34. The molecule has 212 valence electrons. The first-order valence-corrected chi connectivity index (χ1v) is 13.9. The fraction of sp³-hybridized carbons (Fsp3) is 0.276. The molecule has 2 aliphatic heterocycles. The molecular weight excluding hydrogens is 546 g/mol. The van der Waals surface area contributed by atoms with E-state index in [-0.39, 0.29) is 36.4 Å². The van der Waals surface area contributed by atoms with E-state index in [1.165, 1.54) is 11.2 Å². The van der Waals surface area contributed by atoms with E-state index in [1.54, 1.807) is 26.4 Å². The van der Waals surface area contributed by atoms with Crippen molar-refractivity contribution in [3.05, 3.63) is 77.7 Å². The maximum absolute atomic E-state index is 13.4. The molecule has 0 bridgehead atoms. The summed E-state index contributed by atoms with van der Waals surface area (Å²) in [5, 5.41) is 6.01. The Morgan fingerprint density at radius 1 is 1.02 bits per heavy atom. The number of carbonyl (C=O) groups excluding carboxylic acids is 3. The number of rotatable bonds is 11. The third-order valence-corrected chi connectivity index (χ3v) is 7.42. The highest BCUT2D eigenvalue weighted by molar-refractivity contribution is 8.14. The third kappa shape index (κ3) is 6.43. The third-order valence-electron chi connectivity index (χ3n) is 6.48. The van der Waals surface area contributed by atoms with Gasteiger partial charge in [0.2, 0.25) is 11.8 Å². The Bertz CT molecular complexity index is 1500. The summed E-state index contributed by atoms with van der Waals surface area (Å²) in [7, 11) is 3.16. The second kappa shape index (κ2) is 12.7. The molecule has 11 nitrogen and oxygen atoms in total. The highest BCUT2D eigenvalue weighted by atomic mass is 32.2. The Hall–Kier alpha value is -4.58. The van der Waals surface area contributed by atoms with Crippen LogP contribution in [0.4, 0.5) is 5.69 Å². The van der Waals surface area contributed by atoms with Gasteiger partial charge in [-0.15, -0.1) is 0 Å². The number of thioether (sulfide) groups is 1. The van der Waals surface area contributed by atoms with Crippen LogP contribution in [0.2, 0.25) is 0 Å². The fourth-order valence-electron chi connectivity index (χ4n) is 4.44. The van der Waals surface area contributed by atoms with Gasteiger partial charge in [0.1, 0.15) is 17.6 Å². The number of amides is 3. The predicted octanol–water partition coefficient (Wildman–Crippen LogP) is 3.05. The van der Waals surface area contributed by atoms with Gasteiger partial charge in [0.25, 0.3) is 5.91 Å². The fourth-order valence-corrected chi connectivity index (χ4v) is 5.27. The summed E-state index contributed by atoms with van der Waals surface area (Å²) in [6.45, 7) is 0.647. The number of amidine groups is 2. The number of nitrogens with one attached hydrogen (secondary N) is 2. The largest absolute Gasteiger partial charge is 0.493 e. The zero-order valence-electron chi connectivity index (χ0n) is 22.6. The molecule has 0 saturated heterocycles. The van der Waals surface area contributed by atoms with E-state index in [1.807, 2.05) is 42.5 Å². The van der Waals surface area contributed by atoms with Gasteiger partial charge in [0.05, 0.1) is 44.9 Å². The minimum atomic E-state index is -0.895. The molecule has 5 rings (SSSR count). The lowest BCUT2D eigenvalue weighted by Gasteiger charge is -2.25. The molecule has 12 heteroatoms. The number of fused-ring (bicyclic) bond motifs is 3. The number of benzene rings is 2. The van der Waals surface area contributed by atoms with E-state index < -0.39 is 6.04 Å². The van der Waals surface area contributed by atoms with E-state index in [2.05, 4.69) is 20.6 Å². The van der Waals surface area contributed by atoms with E-state index in [0.29, 0.717) is 52.5 Å². The first-order valence-electron chi connectivity index (χ1n) is 13.0. The number of nitrogens with zero attached hydrogens (tertiary/aromatic N) is 3. The molecule has 41 heavy (non-hydrogen) atoms.